The van der Waals surface area contributed by atoms with Gasteiger partial charge in [-0.05, 0) is 35.7 Å². The normalized spacial score (nSPS) is 14.6. The molecular formula is C19H21N3O4. The Morgan fingerprint density at radius 1 is 1.27 bits per heavy atom. The first-order chi connectivity index (χ1) is 12.6. The number of morpholine rings is 1. The molecule has 0 bridgehead atoms. The molecule has 2 aromatic rings. The van der Waals surface area contributed by atoms with Crippen LogP contribution in [0.3, 0.4) is 0 Å². The van der Waals surface area contributed by atoms with Crippen molar-refractivity contribution in [3.05, 3.63) is 69.3 Å². The van der Waals surface area contributed by atoms with E-state index in [0.29, 0.717) is 5.56 Å². The summed E-state index contributed by atoms with van der Waals surface area (Å²) in [5, 5.41) is 14.7. The predicted octanol–water partition coefficient (Wildman–Crippen LogP) is 3.29. The molecule has 1 heterocycles. The van der Waals surface area contributed by atoms with E-state index in [-0.39, 0.29) is 12.3 Å². The molecule has 3 rings (SSSR count). The van der Waals surface area contributed by atoms with Crippen LogP contribution < -0.4 is 4.90 Å². The summed E-state index contributed by atoms with van der Waals surface area (Å²) in [5.41, 5.74) is 4.08. The fourth-order valence-electron chi connectivity index (χ4n) is 2.89. The van der Waals surface area contributed by atoms with E-state index in [1.54, 1.807) is 18.3 Å². The lowest BCUT2D eigenvalue weighted by Crippen LogP contribution is -2.36. The number of non-ortho nitro benzene ring substituents is 1. The van der Waals surface area contributed by atoms with E-state index >= 15 is 0 Å². The number of hydrogen-bond donors (Lipinski definition) is 0. The summed E-state index contributed by atoms with van der Waals surface area (Å²) in [7, 11) is 0. The molecule has 0 aromatic heterocycles. The Bertz CT molecular complexity index is 801. The lowest BCUT2D eigenvalue weighted by molar-refractivity contribution is -0.384. The maximum Gasteiger partial charge on any atom is 0.269 e. The summed E-state index contributed by atoms with van der Waals surface area (Å²) < 4.78 is 5.39. The van der Waals surface area contributed by atoms with E-state index in [1.807, 2.05) is 6.07 Å². The Hall–Kier alpha value is -2.93. The first-order valence-corrected chi connectivity index (χ1v) is 8.45. The van der Waals surface area contributed by atoms with Crippen LogP contribution in [-0.2, 0) is 16.2 Å². The summed E-state index contributed by atoms with van der Waals surface area (Å²) in [6, 6.07) is 12.5. The average molecular weight is 355 g/mol. The van der Waals surface area contributed by atoms with Gasteiger partial charge >= 0.3 is 0 Å². The molecule has 7 heteroatoms. The molecule has 0 amide bonds. The molecule has 1 fully saturated rings. The molecule has 136 valence electrons. The average Bonchev–Trinajstić information content (AvgIpc) is 2.66. The van der Waals surface area contributed by atoms with Gasteiger partial charge in [0.05, 0.1) is 24.4 Å². The fourth-order valence-corrected chi connectivity index (χ4v) is 2.89. The van der Waals surface area contributed by atoms with E-state index in [0.717, 1.165) is 31.9 Å². The van der Waals surface area contributed by atoms with E-state index in [9.17, 15) is 10.1 Å². The van der Waals surface area contributed by atoms with Crippen LogP contribution in [0.4, 0.5) is 11.4 Å². The van der Waals surface area contributed by atoms with Crippen LogP contribution in [0.5, 0.6) is 0 Å². The molecular weight excluding hydrogens is 334 g/mol. The van der Waals surface area contributed by atoms with Crippen LogP contribution >= 0.6 is 0 Å². The second-order valence-electron chi connectivity index (χ2n) is 6.08. The first kappa shape index (κ1) is 17.9. The molecule has 0 atom stereocenters. The van der Waals surface area contributed by atoms with E-state index < -0.39 is 4.92 Å². The molecule has 2 aromatic carbocycles. The Morgan fingerprint density at radius 2 is 2.08 bits per heavy atom. The van der Waals surface area contributed by atoms with Gasteiger partial charge in [-0.1, -0.05) is 23.4 Å². The lowest BCUT2D eigenvalue weighted by Gasteiger charge is -2.30. The second kappa shape index (κ2) is 8.44. The smallest absolute Gasteiger partial charge is 0.269 e. The highest BCUT2D eigenvalue weighted by molar-refractivity contribution is 5.80. The van der Waals surface area contributed by atoms with Gasteiger partial charge in [-0.3, -0.25) is 10.1 Å². The van der Waals surface area contributed by atoms with Crippen molar-refractivity contribution in [2.24, 2.45) is 5.16 Å². The molecule has 0 radical (unpaired) electrons. The van der Waals surface area contributed by atoms with Gasteiger partial charge in [0, 0.05) is 30.9 Å². The maximum atomic E-state index is 10.8. The van der Waals surface area contributed by atoms with Crippen LogP contribution in [0.25, 0.3) is 0 Å². The Balaban J connectivity index is 1.57. The van der Waals surface area contributed by atoms with Gasteiger partial charge in [0.1, 0.15) is 6.61 Å². The topological polar surface area (TPSA) is 77.2 Å². The zero-order chi connectivity index (χ0) is 18.4. The standard InChI is InChI=1S/C19H21N3O4/c1-15-11-16(5-6-19(15)21-7-9-25-10-8-21)13-20-26-14-17-3-2-4-18(12-17)22(23)24/h2-6,11-13H,7-10,14H2,1H3/b20-13-. The van der Waals surface area contributed by atoms with Crippen molar-refractivity contribution in [2.45, 2.75) is 13.5 Å². The Morgan fingerprint density at radius 3 is 2.81 bits per heavy atom. The number of nitro groups is 1. The van der Waals surface area contributed by atoms with Crippen molar-refractivity contribution < 1.29 is 14.5 Å². The highest BCUT2D eigenvalue weighted by atomic mass is 16.6. The van der Waals surface area contributed by atoms with Gasteiger partial charge in [-0.2, -0.15) is 0 Å². The lowest BCUT2D eigenvalue weighted by atomic mass is 10.1. The highest BCUT2D eigenvalue weighted by Crippen LogP contribution is 2.22. The quantitative estimate of drug-likeness (QED) is 0.451. The SMILES string of the molecule is Cc1cc(/C=N\OCc2cccc([N+](=O)[O-])c2)ccc1N1CCOCC1. The number of anilines is 1. The Kier molecular flexibility index (Phi) is 5.80. The number of aryl methyl sites for hydroxylation is 1. The van der Waals surface area contributed by atoms with E-state index in [4.69, 9.17) is 9.57 Å². The molecule has 1 saturated heterocycles. The number of oxime groups is 1. The number of ether oxygens (including phenoxy) is 1. The minimum Gasteiger partial charge on any atom is -0.391 e. The molecule has 26 heavy (non-hydrogen) atoms. The monoisotopic (exact) mass is 355 g/mol. The Labute approximate surface area is 152 Å². The zero-order valence-corrected chi connectivity index (χ0v) is 14.6. The second-order valence-corrected chi connectivity index (χ2v) is 6.08. The summed E-state index contributed by atoms with van der Waals surface area (Å²) in [6.07, 6.45) is 1.65. The fraction of sp³-hybridized carbons (Fsp3) is 0.316. The van der Waals surface area contributed by atoms with Crippen LogP contribution in [0.15, 0.2) is 47.6 Å². The van der Waals surface area contributed by atoms with Gasteiger partial charge in [-0.25, -0.2) is 0 Å². The van der Waals surface area contributed by atoms with Gasteiger partial charge in [0.2, 0.25) is 0 Å². The third-order valence-electron chi connectivity index (χ3n) is 4.20. The van der Waals surface area contributed by atoms with Gasteiger partial charge in [0.25, 0.3) is 5.69 Å². The predicted molar refractivity (Wildman–Crippen MR) is 99.7 cm³/mol. The number of hydrogen-bond acceptors (Lipinski definition) is 6. The van der Waals surface area contributed by atoms with Crippen molar-refractivity contribution in [1.82, 2.24) is 0 Å². The van der Waals surface area contributed by atoms with Crippen molar-refractivity contribution in [2.75, 3.05) is 31.2 Å². The summed E-state index contributed by atoms with van der Waals surface area (Å²) in [6.45, 7) is 5.58. The minimum atomic E-state index is -0.425. The van der Waals surface area contributed by atoms with Crippen molar-refractivity contribution >= 4 is 17.6 Å². The van der Waals surface area contributed by atoms with Gasteiger partial charge in [-0.15, -0.1) is 0 Å². The van der Waals surface area contributed by atoms with Gasteiger partial charge in [0.15, 0.2) is 0 Å². The number of nitrogens with zero attached hydrogens (tertiary/aromatic N) is 3. The molecule has 1 aliphatic rings. The van der Waals surface area contributed by atoms with Crippen molar-refractivity contribution in [3.63, 3.8) is 0 Å². The molecule has 0 unspecified atom stereocenters. The third kappa shape index (κ3) is 4.58. The summed E-state index contributed by atoms with van der Waals surface area (Å²) >= 11 is 0. The van der Waals surface area contributed by atoms with Gasteiger partial charge < -0.3 is 14.5 Å². The van der Waals surface area contributed by atoms with E-state index in [2.05, 4.69) is 29.1 Å². The molecule has 1 aliphatic heterocycles. The van der Waals surface area contributed by atoms with E-state index in [1.165, 1.54) is 23.4 Å². The summed E-state index contributed by atoms with van der Waals surface area (Å²) in [4.78, 5) is 17.9. The summed E-state index contributed by atoms with van der Waals surface area (Å²) in [5.74, 6) is 0. The van der Waals surface area contributed by atoms with Crippen LogP contribution in [0.2, 0.25) is 0 Å². The minimum absolute atomic E-state index is 0.0457. The maximum absolute atomic E-state index is 10.8. The van der Waals surface area contributed by atoms with Crippen molar-refractivity contribution in [1.29, 1.82) is 0 Å². The molecule has 0 aliphatic carbocycles. The third-order valence-corrected chi connectivity index (χ3v) is 4.20. The molecule has 0 spiro atoms. The van der Waals surface area contributed by atoms with Crippen LogP contribution in [0, 0.1) is 17.0 Å². The molecule has 0 N–H and O–H groups in total. The molecule has 0 saturated carbocycles. The number of rotatable bonds is 6. The molecule has 7 nitrogen and oxygen atoms in total. The first-order valence-electron chi connectivity index (χ1n) is 8.45. The highest BCUT2D eigenvalue weighted by Gasteiger charge is 2.13. The van der Waals surface area contributed by atoms with Crippen molar-refractivity contribution in [3.8, 4) is 0 Å². The largest absolute Gasteiger partial charge is 0.391 e. The number of nitro benzene ring substituents is 1. The van der Waals surface area contributed by atoms with Crippen LogP contribution in [-0.4, -0.2) is 37.4 Å². The van der Waals surface area contributed by atoms with Crippen LogP contribution in [0.1, 0.15) is 16.7 Å². The zero-order valence-electron chi connectivity index (χ0n) is 14.6. The number of benzene rings is 2.